The molecule has 2 rings (SSSR count). The van der Waals surface area contributed by atoms with Crippen molar-refractivity contribution in [3.05, 3.63) is 22.4 Å². The third kappa shape index (κ3) is 2.11. The fourth-order valence-corrected chi connectivity index (χ4v) is 3.45. The molecule has 1 saturated heterocycles. The maximum atomic E-state index is 3.67. The van der Waals surface area contributed by atoms with Crippen molar-refractivity contribution in [2.45, 2.75) is 45.1 Å². The molecule has 0 amide bonds. The smallest absolute Gasteiger partial charge is 0.0165 e. The lowest BCUT2D eigenvalue weighted by molar-refractivity contribution is 0.345. The van der Waals surface area contributed by atoms with Gasteiger partial charge in [-0.05, 0) is 47.7 Å². The van der Waals surface area contributed by atoms with E-state index in [1.807, 2.05) is 11.3 Å². The van der Waals surface area contributed by atoms with Crippen molar-refractivity contribution < 1.29 is 0 Å². The first kappa shape index (κ1) is 11.2. The Kier molecular flexibility index (Phi) is 3.17. The summed E-state index contributed by atoms with van der Waals surface area (Å²) >= 11 is 1.82. The standard InChI is InChI=1S/C13H21NS/c1-10(2)8-12-13(3,5-6-14-12)11-4-7-15-9-11/h4,7,9-10,12,14H,5-6,8H2,1-3H3. The molecule has 0 saturated carbocycles. The van der Waals surface area contributed by atoms with E-state index in [-0.39, 0.29) is 0 Å². The lowest BCUT2D eigenvalue weighted by Crippen LogP contribution is -2.38. The second-order valence-electron chi connectivity index (χ2n) is 5.32. The highest BCUT2D eigenvalue weighted by atomic mass is 32.1. The normalized spacial score (nSPS) is 31.3. The summed E-state index contributed by atoms with van der Waals surface area (Å²) in [5, 5.41) is 8.19. The van der Waals surface area contributed by atoms with Crippen LogP contribution in [0.1, 0.15) is 39.2 Å². The zero-order valence-corrected chi connectivity index (χ0v) is 10.7. The van der Waals surface area contributed by atoms with Crippen molar-refractivity contribution in [2.75, 3.05) is 6.54 Å². The molecule has 15 heavy (non-hydrogen) atoms. The van der Waals surface area contributed by atoms with Gasteiger partial charge in [-0.1, -0.05) is 20.8 Å². The van der Waals surface area contributed by atoms with E-state index >= 15 is 0 Å². The Balaban J connectivity index is 2.19. The van der Waals surface area contributed by atoms with Crippen LogP contribution >= 0.6 is 11.3 Å². The van der Waals surface area contributed by atoms with Crippen LogP contribution in [0.25, 0.3) is 0 Å². The first-order valence-electron chi connectivity index (χ1n) is 5.89. The highest BCUT2D eigenvalue weighted by molar-refractivity contribution is 7.08. The lowest BCUT2D eigenvalue weighted by atomic mass is 9.75. The second kappa shape index (κ2) is 4.26. The monoisotopic (exact) mass is 223 g/mol. The summed E-state index contributed by atoms with van der Waals surface area (Å²) in [5.41, 5.74) is 1.90. The molecule has 1 aliphatic heterocycles. The van der Waals surface area contributed by atoms with Crippen LogP contribution < -0.4 is 5.32 Å². The molecule has 1 nitrogen and oxygen atoms in total. The van der Waals surface area contributed by atoms with Gasteiger partial charge in [-0.2, -0.15) is 11.3 Å². The van der Waals surface area contributed by atoms with Crippen molar-refractivity contribution in [1.82, 2.24) is 5.32 Å². The minimum atomic E-state index is 0.365. The first-order valence-corrected chi connectivity index (χ1v) is 6.83. The minimum Gasteiger partial charge on any atom is -0.313 e. The maximum Gasteiger partial charge on any atom is 0.0165 e. The third-order valence-electron chi connectivity index (χ3n) is 3.69. The average molecular weight is 223 g/mol. The molecule has 0 spiro atoms. The molecular weight excluding hydrogens is 202 g/mol. The minimum absolute atomic E-state index is 0.365. The van der Waals surface area contributed by atoms with Crippen LogP contribution in [0, 0.1) is 5.92 Å². The number of thiophene rings is 1. The summed E-state index contributed by atoms with van der Waals surface area (Å²) in [7, 11) is 0. The molecular formula is C13H21NS. The highest BCUT2D eigenvalue weighted by Gasteiger charge is 2.40. The van der Waals surface area contributed by atoms with Crippen molar-refractivity contribution in [1.29, 1.82) is 0 Å². The molecule has 0 aromatic carbocycles. The summed E-state index contributed by atoms with van der Waals surface area (Å²) in [6, 6.07) is 2.96. The number of rotatable bonds is 3. The summed E-state index contributed by atoms with van der Waals surface area (Å²) in [5.74, 6) is 0.776. The van der Waals surface area contributed by atoms with Gasteiger partial charge >= 0.3 is 0 Å². The SMILES string of the molecule is CC(C)CC1NCCC1(C)c1ccsc1. The van der Waals surface area contributed by atoms with E-state index in [4.69, 9.17) is 0 Å². The van der Waals surface area contributed by atoms with E-state index in [9.17, 15) is 0 Å². The first-order chi connectivity index (χ1) is 7.13. The molecule has 2 heteroatoms. The fourth-order valence-electron chi connectivity index (χ4n) is 2.66. The van der Waals surface area contributed by atoms with Gasteiger partial charge in [0.05, 0.1) is 0 Å². The van der Waals surface area contributed by atoms with Gasteiger partial charge in [-0.25, -0.2) is 0 Å². The van der Waals surface area contributed by atoms with Gasteiger partial charge in [0, 0.05) is 11.5 Å². The van der Waals surface area contributed by atoms with Crippen molar-refractivity contribution >= 4 is 11.3 Å². The predicted octanol–water partition coefficient (Wildman–Crippen LogP) is 3.41. The molecule has 1 fully saturated rings. The van der Waals surface area contributed by atoms with Gasteiger partial charge in [0.15, 0.2) is 0 Å². The van der Waals surface area contributed by atoms with Crippen LogP contribution in [0.5, 0.6) is 0 Å². The molecule has 2 unspecified atom stereocenters. The highest BCUT2D eigenvalue weighted by Crippen LogP contribution is 2.38. The Morgan fingerprint density at radius 3 is 3.00 bits per heavy atom. The molecule has 1 aliphatic rings. The Morgan fingerprint density at radius 1 is 1.60 bits per heavy atom. The number of hydrogen-bond donors (Lipinski definition) is 1. The zero-order chi connectivity index (χ0) is 10.9. The van der Waals surface area contributed by atoms with Crippen molar-refractivity contribution in [3.8, 4) is 0 Å². The maximum absolute atomic E-state index is 3.67. The van der Waals surface area contributed by atoms with Crippen LogP contribution in [-0.4, -0.2) is 12.6 Å². The van der Waals surface area contributed by atoms with E-state index in [2.05, 4.69) is 42.9 Å². The van der Waals surface area contributed by atoms with Gasteiger partial charge in [-0.15, -0.1) is 0 Å². The fraction of sp³-hybridized carbons (Fsp3) is 0.692. The molecule has 1 aromatic rings. The zero-order valence-electron chi connectivity index (χ0n) is 9.92. The Bertz CT molecular complexity index is 304. The van der Waals surface area contributed by atoms with E-state index in [0.717, 1.165) is 5.92 Å². The largest absolute Gasteiger partial charge is 0.313 e. The van der Waals surface area contributed by atoms with Gasteiger partial charge in [0.1, 0.15) is 0 Å². The Morgan fingerprint density at radius 2 is 2.40 bits per heavy atom. The molecule has 0 radical (unpaired) electrons. The van der Waals surface area contributed by atoms with Crippen molar-refractivity contribution in [3.63, 3.8) is 0 Å². The van der Waals surface area contributed by atoms with Crippen molar-refractivity contribution in [2.24, 2.45) is 5.92 Å². The lowest BCUT2D eigenvalue weighted by Gasteiger charge is -2.32. The molecule has 1 aromatic heterocycles. The number of nitrogens with one attached hydrogen (secondary N) is 1. The molecule has 0 bridgehead atoms. The van der Waals surface area contributed by atoms with Gasteiger partial charge in [0.25, 0.3) is 0 Å². The van der Waals surface area contributed by atoms with Crippen LogP contribution in [0.2, 0.25) is 0 Å². The molecule has 1 N–H and O–H groups in total. The topological polar surface area (TPSA) is 12.0 Å². The summed E-state index contributed by atoms with van der Waals surface area (Å²) < 4.78 is 0. The Labute approximate surface area is 96.9 Å². The molecule has 2 atom stereocenters. The quantitative estimate of drug-likeness (QED) is 0.828. The molecule has 0 aliphatic carbocycles. The third-order valence-corrected chi connectivity index (χ3v) is 4.38. The predicted molar refractivity (Wildman–Crippen MR) is 67.5 cm³/mol. The van der Waals surface area contributed by atoms with E-state index in [1.54, 1.807) is 0 Å². The van der Waals surface area contributed by atoms with Crippen LogP contribution in [0.3, 0.4) is 0 Å². The van der Waals surface area contributed by atoms with Gasteiger partial charge < -0.3 is 5.32 Å². The van der Waals surface area contributed by atoms with Crippen LogP contribution in [0.4, 0.5) is 0 Å². The van der Waals surface area contributed by atoms with Crippen LogP contribution in [0.15, 0.2) is 16.8 Å². The molecule has 84 valence electrons. The summed E-state index contributed by atoms with van der Waals surface area (Å²) in [4.78, 5) is 0. The van der Waals surface area contributed by atoms with Gasteiger partial charge in [0.2, 0.25) is 0 Å². The average Bonchev–Trinajstić information content (AvgIpc) is 2.76. The van der Waals surface area contributed by atoms with E-state index in [0.29, 0.717) is 11.5 Å². The Hall–Kier alpha value is -0.340. The molecule has 2 heterocycles. The van der Waals surface area contributed by atoms with Crippen LogP contribution in [-0.2, 0) is 5.41 Å². The summed E-state index contributed by atoms with van der Waals surface area (Å²) in [6.45, 7) is 8.22. The van der Waals surface area contributed by atoms with Gasteiger partial charge in [-0.3, -0.25) is 0 Å². The second-order valence-corrected chi connectivity index (χ2v) is 6.10. The van der Waals surface area contributed by atoms with E-state index in [1.165, 1.54) is 24.9 Å². The summed E-state index contributed by atoms with van der Waals surface area (Å²) in [6.07, 6.45) is 2.56. The van der Waals surface area contributed by atoms with E-state index < -0.39 is 0 Å². The number of hydrogen-bond acceptors (Lipinski definition) is 2.